The lowest BCUT2D eigenvalue weighted by atomic mass is 9.70. The van der Waals surface area contributed by atoms with E-state index in [-0.39, 0.29) is 0 Å². The number of rotatable bonds is 0. The summed E-state index contributed by atoms with van der Waals surface area (Å²) in [7, 11) is 0. The maximum absolute atomic E-state index is 4.20. The molecule has 0 aromatic heterocycles. The third-order valence-corrected chi connectivity index (χ3v) is 5.77. The smallest absolute Gasteiger partial charge is 0.00642 e. The summed E-state index contributed by atoms with van der Waals surface area (Å²) in [4.78, 5) is 0. The summed E-state index contributed by atoms with van der Waals surface area (Å²) in [5, 5.41) is 0. The van der Waals surface area contributed by atoms with Crippen molar-refractivity contribution in [3.05, 3.63) is 57.7 Å². The first-order chi connectivity index (χ1) is 9.70. The van der Waals surface area contributed by atoms with Crippen LogP contribution in [0, 0.1) is 0 Å². The lowest BCUT2D eigenvalue weighted by Gasteiger charge is -2.36. The zero-order valence-corrected chi connectivity index (χ0v) is 12.5. The molecule has 0 aromatic rings. The summed E-state index contributed by atoms with van der Waals surface area (Å²) in [6.07, 6.45) is 12.9. The first kappa shape index (κ1) is 12.4. The quantitative estimate of drug-likeness (QED) is 0.475. The van der Waals surface area contributed by atoms with Gasteiger partial charge in [0.05, 0.1) is 0 Å². The maximum Gasteiger partial charge on any atom is -0.00642 e. The molecule has 0 saturated carbocycles. The van der Waals surface area contributed by atoms with Crippen molar-refractivity contribution in [1.82, 2.24) is 0 Å². The first-order valence-corrected chi connectivity index (χ1v) is 8.16. The standard InChI is InChI=1S/C20H24/c1-13-7-17-11-19-9-15-5-3-4-6-16(15)10-20(19)12-18(17)8-14(13)2/h1-12H2. The third kappa shape index (κ3) is 1.97. The van der Waals surface area contributed by atoms with E-state index in [4.69, 9.17) is 0 Å². The lowest BCUT2D eigenvalue weighted by Crippen LogP contribution is -2.16. The second-order valence-electron chi connectivity index (χ2n) is 7.10. The predicted molar refractivity (Wildman–Crippen MR) is 85.5 cm³/mol. The molecule has 0 heterocycles. The lowest BCUT2D eigenvalue weighted by molar-refractivity contribution is 0.617. The summed E-state index contributed by atoms with van der Waals surface area (Å²) < 4.78 is 0. The molecule has 0 aromatic carbocycles. The van der Waals surface area contributed by atoms with Crippen LogP contribution in [-0.4, -0.2) is 0 Å². The van der Waals surface area contributed by atoms with Gasteiger partial charge in [-0.15, -0.1) is 0 Å². The minimum atomic E-state index is 1.09. The molecule has 0 fully saturated rings. The summed E-state index contributed by atoms with van der Waals surface area (Å²) >= 11 is 0. The molecule has 4 aliphatic rings. The van der Waals surface area contributed by atoms with Gasteiger partial charge in [-0.3, -0.25) is 0 Å². The van der Waals surface area contributed by atoms with E-state index in [0.717, 1.165) is 12.8 Å². The maximum atomic E-state index is 4.20. The van der Waals surface area contributed by atoms with E-state index in [0.29, 0.717) is 0 Å². The zero-order chi connectivity index (χ0) is 13.7. The van der Waals surface area contributed by atoms with Crippen LogP contribution in [0.1, 0.15) is 64.2 Å². The van der Waals surface area contributed by atoms with E-state index in [9.17, 15) is 0 Å². The second kappa shape index (κ2) is 4.62. The van der Waals surface area contributed by atoms with Gasteiger partial charge in [-0.2, -0.15) is 0 Å². The molecule has 0 radical (unpaired) electrons. The Morgan fingerprint density at radius 1 is 0.450 bits per heavy atom. The van der Waals surface area contributed by atoms with Crippen molar-refractivity contribution < 1.29 is 0 Å². The molecule has 104 valence electrons. The Bertz CT molecular complexity index is 552. The Morgan fingerprint density at radius 3 is 1.25 bits per heavy atom. The number of allylic oxidation sites excluding steroid dienone is 8. The highest BCUT2D eigenvalue weighted by molar-refractivity contribution is 5.50. The molecular weight excluding hydrogens is 240 g/mol. The molecule has 0 atom stereocenters. The van der Waals surface area contributed by atoms with Crippen LogP contribution in [0.4, 0.5) is 0 Å². The van der Waals surface area contributed by atoms with E-state index < -0.39 is 0 Å². The number of hydrogen-bond acceptors (Lipinski definition) is 0. The Kier molecular flexibility index (Phi) is 2.87. The Balaban J connectivity index is 1.59. The Morgan fingerprint density at radius 2 is 0.800 bits per heavy atom. The van der Waals surface area contributed by atoms with Gasteiger partial charge >= 0.3 is 0 Å². The van der Waals surface area contributed by atoms with Crippen molar-refractivity contribution in [3.8, 4) is 0 Å². The molecule has 0 amide bonds. The van der Waals surface area contributed by atoms with Crippen LogP contribution in [0.15, 0.2) is 57.7 Å². The van der Waals surface area contributed by atoms with E-state index in [2.05, 4.69) is 13.2 Å². The molecule has 20 heavy (non-hydrogen) atoms. The average molecular weight is 264 g/mol. The fourth-order valence-corrected chi connectivity index (χ4v) is 4.50. The van der Waals surface area contributed by atoms with Gasteiger partial charge in [-0.05, 0) is 75.4 Å². The molecule has 4 aliphatic carbocycles. The summed E-state index contributed by atoms with van der Waals surface area (Å²) in [5.74, 6) is 0. The van der Waals surface area contributed by atoms with Crippen LogP contribution in [-0.2, 0) is 0 Å². The monoisotopic (exact) mass is 264 g/mol. The van der Waals surface area contributed by atoms with Gasteiger partial charge in [0.1, 0.15) is 0 Å². The normalized spacial score (nSPS) is 26.6. The van der Waals surface area contributed by atoms with Crippen molar-refractivity contribution in [2.75, 3.05) is 0 Å². The molecular formula is C20H24. The largest absolute Gasteiger partial charge is 0.0952 e. The van der Waals surface area contributed by atoms with E-state index >= 15 is 0 Å². The molecule has 0 nitrogen and oxygen atoms in total. The molecule has 0 unspecified atom stereocenters. The molecule has 0 bridgehead atoms. The summed E-state index contributed by atoms with van der Waals surface area (Å²) in [5.41, 5.74) is 13.1. The van der Waals surface area contributed by atoms with Crippen LogP contribution < -0.4 is 0 Å². The number of hydrogen-bond donors (Lipinski definition) is 0. The van der Waals surface area contributed by atoms with E-state index in [1.54, 1.807) is 33.4 Å². The Labute approximate surface area is 122 Å². The summed E-state index contributed by atoms with van der Waals surface area (Å²) in [6.45, 7) is 8.39. The van der Waals surface area contributed by atoms with Gasteiger partial charge in [-0.25, -0.2) is 0 Å². The second-order valence-corrected chi connectivity index (χ2v) is 7.10. The van der Waals surface area contributed by atoms with Crippen molar-refractivity contribution in [1.29, 1.82) is 0 Å². The minimum absolute atomic E-state index is 1.09. The first-order valence-electron chi connectivity index (χ1n) is 8.16. The molecule has 4 rings (SSSR count). The molecule has 0 heteroatoms. The average Bonchev–Trinajstić information content (AvgIpc) is 2.44. The molecule has 0 N–H and O–H groups in total. The van der Waals surface area contributed by atoms with E-state index in [1.807, 2.05) is 0 Å². The Hall–Kier alpha value is -1.30. The van der Waals surface area contributed by atoms with Gasteiger partial charge in [0, 0.05) is 0 Å². The van der Waals surface area contributed by atoms with Crippen LogP contribution >= 0.6 is 0 Å². The molecule has 0 aliphatic heterocycles. The highest BCUT2D eigenvalue weighted by Gasteiger charge is 2.29. The van der Waals surface area contributed by atoms with Gasteiger partial charge in [0.15, 0.2) is 0 Å². The zero-order valence-electron chi connectivity index (χ0n) is 12.5. The fourth-order valence-electron chi connectivity index (χ4n) is 4.50. The third-order valence-electron chi connectivity index (χ3n) is 5.77. The van der Waals surface area contributed by atoms with Crippen LogP contribution in [0.25, 0.3) is 0 Å². The van der Waals surface area contributed by atoms with Crippen LogP contribution in [0.5, 0.6) is 0 Å². The van der Waals surface area contributed by atoms with Crippen molar-refractivity contribution in [3.63, 3.8) is 0 Å². The van der Waals surface area contributed by atoms with Crippen molar-refractivity contribution in [2.45, 2.75) is 64.2 Å². The van der Waals surface area contributed by atoms with E-state index in [1.165, 1.54) is 62.5 Å². The molecule has 0 spiro atoms. The van der Waals surface area contributed by atoms with Crippen LogP contribution in [0.3, 0.4) is 0 Å². The van der Waals surface area contributed by atoms with Gasteiger partial charge < -0.3 is 0 Å². The molecule has 0 saturated heterocycles. The van der Waals surface area contributed by atoms with Crippen molar-refractivity contribution in [2.24, 2.45) is 0 Å². The topological polar surface area (TPSA) is 0 Å². The van der Waals surface area contributed by atoms with Crippen LogP contribution in [0.2, 0.25) is 0 Å². The highest BCUT2D eigenvalue weighted by atomic mass is 14.3. The fraction of sp³-hybridized carbons (Fsp3) is 0.500. The summed E-state index contributed by atoms with van der Waals surface area (Å²) in [6, 6.07) is 0. The van der Waals surface area contributed by atoms with Gasteiger partial charge in [0.25, 0.3) is 0 Å². The van der Waals surface area contributed by atoms with Crippen molar-refractivity contribution >= 4 is 0 Å². The SMILES string of the molecule is C=C1CC2=C(CC1=C)CC1=C(CC3=C(CCCC3)C1)C2. The minimum Gasteiger partial charge on any atom is -0.0952 e. The van der Waals surface area contributed by atoms with Gasteiger partial charge in [-0.1, -0.05) is 46.6 Å². The highest BCUT2D eigenvalue weighted by Crippen LogP contribution is 2.48. The van der Waals surface area contributed by atoms with Gasteiger partial charge in [0.2, 0.25) is 0 Å². The predicted octanol–water partition coefficient (Wildman–Crippen LogP) is 5.94.